The van der Waals surface area contributed by atoms with Crippen LogP contribution in [0.25, 0.3) is 16.8 Å². The van der Waals surface area contributed by atoms with Gasteiger partial charge in [-0.1, -0.05) is 56.0 Å². The second-order valence-electron chi connectivity index (χ2n) is 9.55. The minimum atomic E-state index is 0.551. The van der Waals surface area contributed by atoms with Gasteiger partial charge in [-0.15, -0.1) is 0 Å². The van der Waals surface area contributed by atoms with Gasteiger partial charge in [0.25, 0.3) is 0 Å². The van der Waals surface area contributed by atoms with Crippen molar-refractivity contribution in [1.82, 2.24) is 19.3 Å². The van der Waals surface area contributed by atoms with Gasteiger partial charge in [0.1, 0.15) is 5.52 Å². The Kier molecular flexibility index (Phi) is 5.95. The zero-order valence-corrected chi connectivity index (χ0v) is 19.0. The van der Waals surface area contributed by atoms with Crippen LogP contribution in [0, 0.1) is 0 Å². The first-order chi connectivity index (χ1) is 15.2. The molecule has 5 rings (SSSR count). The van der Waals surface area contributed by atoms with Crippen LogP contribution in [-0.2, 0) is 0 Å². The topological polar surface area (TPSA) is 36.7 Å². The fourth-order valence-corrected chi connectivity index (χ4v) is 5.57. The molecule has 5 heteroatoms. The first-order valence-electron chi connectivity index (χ1n) is 12.0. The molecule has 2 aromatic heterocycles. The highest BCUT2D eigenvalue weighted by atomic mass is 15.2. The Bertz CT molecular complexity index is 993. The number of imidazole rings is 1. The minimum Gasteiger partial charge on any atom is -0.355 e. The summed E-state index contributed by atoms with van der Waals surface area (Å²) in [5.74, 6) is 1.65. The SMILES string of the molecule is CN(C)C1CCN(c2nc(-c3ccccc3)c(C3CCCCCC3)n3cncc23)CC1. The molecule has 31 heavy (non-hydrogen) atoms. The van der Waals surface area contributed by atoms with E-state index in [9.17, 15) is 0 Å². The molecular weight excluding hydrogens is 382 g/mol. The summed E-state index contributed by atoms with van der Waals surface area (Å²) >= 11 is 0. The van der Waals surface area contributed by atoms with E-state index in [4.69, 9.17) is 4.98 Å². The van der Waals surface area contributed by atoms with Gasteiger partial charge in [0.15, 0.2) is 5.82 Å². The van der Waals surface area contributed by atoms with Crippen molar-refractivity contribution in [2.45, 2.75) is 63.3 Å². The first kappa shape index (κ1) is 20.5. The molecule has 1 aliphatic carbocycles. The van der Waals surface area contributed by atoms with Crippen LogP contribution < -0.4 is 4.90 Å². The van der Waals surface area contributed by atoms with E-state index in [-0.39, 0.29) is 0 Å². The predicted octanol–water partition coefficient (Wildman–Crippen LogP) is 5.36. The fraction of sp³-hybridized carbons (Fsp3) is 0.538. The summed E-state index contributed by atoms with van der Waals surface area (Å²) in [7, 11) is 4.39. The van der Waals surface area contributed by atoms with E-state index in [1.165, 1.54) is 68.1 Å². The van der Waals surface area contributed by atoms with E-state index in [1.807, 2.05) is 12.5 Å². The van der Waals surface area contributed by atoms with Gasteiger partial charge in [-0.25, -0.2) is 9.97 Å². The van der Waals surface area contributed by atoms with Gasteiger partial charge in [-0.05, 0) is 39.8 Å². The molecule has 2 aliphatic rings. The van der Waals surface area contributed by atoms with Crippen LogP contribution in [0.3, 0.4) is 0 Å². The second-order valence-corrected chi connectivity index (χ2v) is 9.55. The van der Waals surface area contributed by atoms with Gasteiger partial charge in [0.05, 0.1) is 23.9 Å². The maximum absolute atomic E-state index is 5.39. The van der Waals surface area contributed by atoms with Crippen molar-refractivity contribution in [1.29, 1.82) is 0 Å². The van der Waals surface area contributed by atoms with E-state index in [2.05, 4.69) is 63.6 Å². The summed E-state index contributed by atoms with van der Waals surface area (Å²) in [6.07, 6.45) is 14.3. The number of hydrogen-bond acceptors (Lipinski definition) is 4. The maximum Gasteiger partial charge on any atom is 0.155 e. The summed E-state index contributed by atoms with van der Waals surface area (Å²) in [4.78, 5) is 14.8. The van der Waals surface area contributed by atoms with Crippen molar-refractivity contribution in [2.75, 3.05) is 32.1 Å². The average Bonchev–Trinajstić information content (AvgIpc) is 3.14. The van der Waals surface area contributed by atoms with Crippen molar-refractivity contribution in [2.24, 2.45) is 0 Å². The first-order valence-corrected chi connectivity index (χ1v) is 12.0. The van der Waals surface area contributed by atoms with Gasteiger partial charge in [0.2, 0.25) is 0 Å². The molecule has 3 aromatic rings. The Morgan fingerprint density at radius 1 is 0.903 bits per heavy atom. The van der Waals surface area contributed by atoms with Crippen LogP contribution in [-0.4, -0.2) is 52.5 Å². The van der Waals surface area contributed by atoms with Gasteiger partial charge in [-0.2, -0.15) is 0 Å². The molecular formula is C26H35N5. The van der Waals surface area contributed by atoms with Gasteiger partial charge >= 0.3 is 0 Å². The molecule has 0 bridgehead atoms. The standard InChI is InChI=1S/C26H35N5/c1-29(2)22-14-16-30(17-15-22)26-23-18-27-19-31(23)25(21-12-6-3-4-7-13-21)24(28-26)20-10-8-5-9-11-20/h5,8-11,18-19,21-22H,3-4,6-7,12-17H2,1-2H3. The lowest BCUT2D eigenvalue weighted by atomic mass is 9.92. The van der Waals surface area contributed by atoms with Crippen molar-refractivity contribution in [3.05, 3.63) is 48.5 Å². The third kappa shape index (κ3) is 4.08. The number of nitrogens with zero attached hydrogens (tertiary/aromatic N) is 5. The Morgan fingerprint density at radius 2 is 1.61 bits per heavy atom. The van der Waals surface area contributed by atoms with Crippen LogP contribution in [0.15, 0.2) is 42.9 Å². The zero-order valence-electron chi connectivity index (χ0n) is 19.0. The van der Waals surface area contributed by atoms with Crippen LogP contribution >= 0.6 is 0 Å². The summed E-state index contributed by atoms with van der Waals surface area (Å²) in [6, 6.07) is 11.5. The number of fused-ring (bicyclic) bond motifs is 1. The average molecular weight is 418 g/mol. The molecule has 1 saturated heterocycles. The third-order valence-electron chi connectivity index (χ3n) is 7.37. The summed E-state index contributed by atoms with van der Waals surface area (Å²) in [5, 5.41) is 0. The highest BCUT2D eigenvalue weighted by molar-refractivity contribution is 5.75. The third-order valence-corrected chi connectivity index (χ3v) is 7.37. The molecule has 1 saturated carbocycles. The number of hydrogen-bond donors (Lipinski definition) is 0. The van der Waals surface area contributed by atoms with Crippen molar-refractivity contribution >= 4 is 11.3 Å². The molecule has 0 atom stereocenters. The highest BCUT2D eigenvalue weighted by Crippen LogP contribution is 2.39. The van der Waals surface area contributed by atoms with E-state index >= 15 is 0 Å². The summed E-state index contributed by atoms with van der Waals surface area (Å²) < 4.78 is 2.37. The Hall–Kier alpha value is -2.40. The predicted molar refractivity (Wildman–Crippen MR) is 128 cm³/mol. The molecule has 0 amide bonds. The molecule has 2 fully saturated rings. The monoisotopic (exact) mass is 417 g/mol. The summed E-state index contributed by atoms with van der Waals surface area (Å²) in [6.45, 7) is 2.10. The van der Waals surface area contributed by atoms with Crippen LogP contribution in [0.2, 0.25) is 0 Å². The zero-order chi connectivity index (χ0) is 21.2. The Morgan fingerprint density at radius 3 is 2.29 bits per heavy atom. The maximum atomic E-state index is 5.39. The number of anilines is 1. The lowest BCUT2D eigenvalue weighted by molar-refractivity contribution is 0.249. The molecule has 1 aromatic carbocycles. The van der Waals surface area contributed by atoms with Crippen LogP contribution in [0.1, 0.15) is 63.0 Å². The fourth-order valence-electron chi connectivity index (χ4n) is 5.57. The summed E-state index contributed by atoms with van der Waals surface area (Å²) in [5.41, 5.74) is 4.92. The molecule has 164 valence electrons. The number of benzene rings is 1. The van der Waals surface area contributed by atoms with E-state index < -0.39 is 0 Å². The van der Waals surface area contributed by atoms with Crippen molar-refractivity contribution in [3.8, 4) is 11.3 Å². The normalized spacial score (nSPS) is 19.3. The molecule has 0 N–H and O–H groups in total. The van der Waals surface area contributed by atoms with Gasteiger partial charge in [0, 0.05) is 30.6 Å². The quantitative estimate of drug-likeness (QED) is 0.535. The Labute approximate surface area is 186 Å². The molecule has 0 radical (unpaired) electrons. The second kappa shape index (κ2) is 8.99. The van der Waals surface area contributed by atoms with Gasteiger partial charge < -0.3 is 9.80 Å². The molecule has 0 spiro atoms. The number of aromatic nitrogens is 3. The molecule has 1 aliphatic heterocycles. The Balaban J connectivity index is 1.62. The lowest BCUT2D eigenvalue weighted by Gasteiger charge is -2.36. The minimum absolute atomic E-state index is 0.551. The lowest BCUT2D eigenvalue weighted by Crippen LogP contribution is -2.42. The van der Waals surface area contributed by atoms with Crippen molar-refractivity contribution in [3.63, 3.8) is 0 Å². The van der Waals surface area contributed by atoms with Crippen LogP contribution in [0.5, 0.6) is 0 Å². The number of piperidine rings is 1. The van der Waals surface area contributed by atoms with E-state index in [1.54, 1.807) is 0 Å². The van der Waals surface area contributed by atoms with E-state index in [0.29, 0.717) is 12.0 Å². The number of rotatable bonds is 4. The van der Waals surface area contributed by atoms with Gasteiger partial charge in [-0.3, -0.25) is 4.40 Å². The molecule has 3 heterocycles. The molecule has 0 unspecified atom stereocenters. The molecule has 5 nitrogen and oxygen atoms in total. The smallest absolute Gasteiger partial charge is 0.155 e. The van der Waals surface area contributed by atoms with Crippen LogP contribution in [0.4, 0.5) is 5.82 Å². The van der Waals surface area contributed by atoms with E-state index in [0.717, 1.165) is 24.6 Å². The van der Waals surface area contributed by atoms with Crippen molar-refractivity contribution < 1.29 is 0 Å². The largest absolute Gasteiger partial charge is 0.355 e. The highest BCUT2D eigenvalue weighted by Gasteiger charge is 2.28.